The van der Waals surface area contributed by atoms with Crippen LogP contribution >= 0.6 is 0 Å². The van der Waals surface area contributed by atoms with Crippen LogP contribution in [0.5, 0.6) is 0 Å². The van der Waals surface area contributed by atoms with Crippen molar-refractivity contribution in [2.75, 3.05) is 6.54 Å². The lowest BCUT2D eigenvalue weighted by Crippen LogP contribution is -2.35. The summed E-state index contributed by atoms with van der Waals surface area (Å²) in [6.45, 7) is 2.57. The number of fused-ring (bicyclic) bond motifs is 1. The van der Waals surface area contributed by atoms with Crippen molar-refractivity contribution >= 4 is 10.0 Å². The summed E-state index contributed by atoms with van der Waals surface area (Å²) in [7, 11) is -3.58. The maximum Gasteiger partial charge on any atom is 0.243 e. The predicted molar refractivity (Wildman–Crippen MR) is 92.2 cm³/mol. The first-order valence-corrected chi connectivity index (χ1v) is 9.46. The van der Waals surface area contributed by atoms with Gasteiger partial charge in [0.05, 0.1) is 4.90 Å². The summed E-state index contributed by atoms with van der Waals surface area (Å²) in [5.74, 6) is 0.828. The maximum atomic E-state index is 13.0. The zero-order valence-electron chi connectivity index (χ0n) is 13.7. The Kier molecular flexibility index (Phi) is 3.89. The van der Waals surface area contributed by atoms with Crippen LogP contribution in [0.1, 0.15) is 17.0 Å². The van der Waals surface area contributed by atoms with Gasteiger partial charge in [-0.25, -0.2) is 8.42 Å². The molecule has 0 amide bonds. The number of nitrogens with zero attached hydrogens (tertiary/aromatic N) is 3. The molecule has 0 fully saturated rings. The van der Waals surface area contributed by atoms with Crippen LogP contribution < -0.4 is 0 Å². The number of aromatic nitrogens is 2. The third kappa shape index (κ3) is 2.96. The van der Waals surface area contributed by atoms with Crippen molar-refractivity contribution in [3.63, 3.8) is 0 Å². The van der Waals surface area contributed by atoms with Crippen LogP contribution in [0, 0.1) is 6.92 Å². The van der Waals surface area contributed by atoms with Gasteiger partial charge >= 0.3 is 0 Å². The highest BCUT2D eigenvalue weighted by Gasteiger charge is 2.28. The van der Waals surface area contributed by atoms with Crippen LogP contribution in [-0.2, 0) is 23.0 Å². The summed E-state index contributed by atoms with van der Waals surface area (Å²) in [5, 5.41) is 3.86. The molecule has 0 saturated carbocycles. The van der Waals surface area contributed by atoms with E-state index in [0.29, 0.717) is 30.4 Å². The van der Waals surface area contributed by atoms with E-state index in [2.05, 4.69) is 16.2 Å². The highest BCUT2D eigenvalue weighted by Crippen LogP contribution is 2.27. The van der Waals surface area contributed by atoms with Gasteiger partial charge in [0.15, 0.2) is 0 Å². The third-order valence-electron chi connectivity index (χ3n) is 4.35. The summed E-state index contributed by atoms with van der Waals surface area (Å²) < 4.78 is 32.6. The predicted octanol–water partition coefficient (Wildman–Crippen LogP) is 2.79. The number of sulfonamides is 1. The molecule has 128 valence electrons. The van der Waals surface area contributed by atoms with Gasteiger partial charge in [-0.15, -0.1) is 0 Å². The lowest BCUT2D eigenvalue weighted by molar-refractivity contribution is 0.391. The molecular weight excluding hydrogens is 338 g/mol. The topological polar surface area (TPSA) is 76.3 Å². The first-order chi connectivity index (χ1) is 12.0. The minimum atomic E-state index is -3.58. The fraction of sp³-hybridized carbons (Fsp3) is 0.222. The normalized spacial score (nSPS) is 15.1. The standard InChI is InChI=1S/C18H17N3O3S/c1-13-19-18(20-24-13)15-7-4-8-17(11-15)25(22,23)21-10-9-14-5-2-3-6-16(14)12-21/h2-8,11H,9-10,12H2,1H3. The molecule has 2 aromatic carbocycles. The molecule has 0 spiro atoms. The zero-order chi connectivity index (χ0) is 17.4. The van der Waals surface area contributed by atoms with E-state index in [4.69, 9.17) is 4.52 Å². The van der Waals surface area contributed by atoms with E-state index in [1.165, 1.54) is 9.87 Å². The van der Waals surface area contributed by atoms with E-state index in [1.54, 1.807) is 31.2 Å². The van der Waals surface area contributed by atoms with Gasteiger partial charge in [0.25, 0.3) is 0 Å². The molecule has 6 nitrogen and oxygen atoms in total. The molecule has 4 rings (SSSR count). The van der Waals surface area contributed by atoms with E-state index < -0.39 is 10.0 Å². The zero-order valence-corrected chi connectivity index (χ0v) is 14.5. The smallest absolute Gasteiger partial charge is 0.243 e. The van der Waals surface area contributed by atoms with Crippen LogP contribution in [0.15, 0.2) is 57.9 Å². The summed E-state index contributed by atoms with van der Waals surface area (Å²) in [4.78, 5) is 4.40. The largest absolute Gasteiger partial charge is 0.339 e. The SMILES string of the molecule is Cc1nc(-c2cccc(S(=O)(=O)N3CCc4ccccc4C3)c2)no1. The second kappa shape index (κ2) is 6.09. The van der Waals surface area contributed by atoms with Crippen molar-refractivity contribution in [3.05, 3.63) is 65.5 Å². The number of hydrogen-bond donors (Lipinski definition) is 0. The van der Waals surface area contributed by atoms with Gasteiger partial charge in [0.2, 0.25) is 21.7 Å². The Hall–Kier alpha value is -2.51. The van der Waals surface area contributed by atoms with Gasteiger partial charge < -0.3 is 4.52 Å². The van der Waals surface area contributed by atoms with Crippen molar-refractivity contribution in [1.29, 1.82) is 0 Å². The van der Waals surface area contributed by atoms with Crippen LogP contribution in [0.3, 0.4) is 0 Å². The Balaban J connectivity index is 1.67. The molecule has 3 aromatic rings. The molecule has 2 heterocycles. The fourth-order valence-electron chi connectivity index (χ4n) is 3.04. The van der Waals surface area contributed by atoms with E-state index in [-0.39, 0.29) is 4.90 Å². The van der Waals surface area contributed by atoms with Gasteiger partial charge in [-0.3, -0.25) is 0 Å². The lowest BCUT2D eigenvalue weighted by atomic mass is 10.0. The molecule has 25 heavy (non-hydrogen) atoms. The van der Waals surface area contributed by atoms with Gasteiger partial charge in [-0.05, 0) is 29.7 Å². The molecule has 0 atom stereocenters. The fourth-order valence-corrected chi connectivity index (χ4v) is 4.50. The van der Waals surface area contributed by atoms with Crippen molar-refractivity contribution < 1.29 is 12.9 Å². The number of rotatable bonds is 3. The highest BCUT2D eigenvalue weighted by atomic mass is 32.2. The average molecular weight is 355 g/mol. The van der Waals surface area contributed by atoms with E-state index in [1.807, 2.05) is 18.2 Å². The van der Waals surface area contributed by atoms with Crippen molar-refractivity contribution in [2.45, 2.75) is 24.8 Å². The van der Waals surface area contributed by atoms with E-state index >= 15 is 0 Å². The molecule has 0 aliphatic carbocycles. The molecule has 1 aliphatic rings. The summed E-state index contributed by atoms with van der Waals surface area (Å²) in [6, 6.07) is 14.6. The van der Waals surface area contributed by atoms with Crippen molar-refractivity contribution in [2.24, 2.45) is 0 Å². The highest BCUT2D eigenvalue weighted by molar-refractivity contribution is 7.89. The van der Waals surface area contributed by atoms with Crippen LogP contribution in [0.2, 0.25) is 0 Å². The molecule has 0 bridgehead atoms. The molecular formula is C18H17N3O3S. The Labute approximate surface area is 146 Å². The Morgan fingerprint density at radius 3 is 2.64 bits per heavy atom. The molecule has 1 aromatic heterocycles. The van der Waals surface area contributed by atoms with Gasteiger partial charge in [0.1, 0.15) is 0 Å². The molecule has 0 saturated heterocycles. The monoisotopic (exact) mass is 355 g/mol. The second-order valence-corrected chi connectivity index (χ2v) is 7.96. The Bertz CT molecular complexity index is 1030. The van der Waals surface area contributed by atoms with Crippen molar-refractivity contribution in [1.82, 2.24) is 14.4 Å². The van der Waals surface area contributed by atoms with Crippen LogP contribution in [-0.4, -0.2) is 29.4 Å². The molecule has 7 heteroatoms. The van der Waals surface area contributed by atoms with E-state index in [9.17, 15) is 8.42 Å². The average Bonchev–Trinajstić information content (AvgIpc) is 3.08. The Morgan fingerprint density at radius 1 is 1.08 bits per heavy atom. The van der Waals surface area contributed by atoms with Gasteiger partial charge in [0, 0.05) is 25.6 Å². The van der Waals surface area contributed by atoms with Gasteiger partial charge in [-0.2, -0.15) is 9.29 Å². The minimum absolute atomic E-state index is 0.242. The molecule has 0 radical (unpaired) electrons. The third-order valence-corrected chi connectivity index (χ3v) is 6.19. The summed E-state index contributed by atoms with van der Waals surface area (Å²) >= 11 is 0. The first-order valence-electron chi connectivity index (χ1n) is 8.02. The molecule has 0 N–H and O–H groups in total. The van der Waals surface area contributed by atoms with Crippen LogP contribution in [0.4, 0.5) is 0 Å². The van der Waals surface area contributed by atoms with Gasteiger partial charge in [-0.1, -0.05) is 41.6 Å². The quantitative estimate of drug-likeness (QED) is 0.722. The number of benzene rings is 2. The maximum absolute atomic E-state index is 13.0. The van der Waals surface area contributed by atoms with Crippen LogP contribution in [0.25, 0.3) is 11.4 Å². The summed E-state index contributed by atoms with van der Waals surface area (Å²) in [5.41, 5.74) is 2.89. The minimum Gasteiger partial charge on any atom is -0.339 e. The molecule has 0 unspecified atom stereocenters. The van der Waals surface area contributed by atoms with E-state index in [0.717, 1.165) is 12.0 Å². The lowest BCUT2D eigenvalue weighted by Gasteiger charge is -2.28. The number of hydrogen-bond acceptors (Lipinski definition) is 5. The van der Waals surface area contributed by atoms with Crippen molar-refractivity contribution in [3.8, 4) is 11.4 Å². The summed E-state index contributed by atoms with van der Waals surface area (Å²) in [6.07, 6.45) is 0.721. The first kappa shape index (κ1) is 16.0. The Morgan fingerprint density at radius 2 is 1.88 bits per heavy atom. The second-order valence-electron chi connectivity index (χ2n) is 6.02. The number of aryl methyl sites for hydroxylation is 1. The molecule has 1 aliphatic heterocycles.